The molecule has 0 aliphatic carbocycles. The van der Waals surface area contributed by atoms with Crippen LogP contribution < -0.4 is 10.2 Å². The molecule has 7 nitrogen and oxygen atoms in total. The van der Waals surface area contributed by atoms with Gasteiger partial charge in [0.15, 0.2) is 0 Å². The lowest BCUT2D eigenvalue weighted by Crippen LogP contribution is -2.36. The van der Waals surface area contributed by atoms with Crippen LogP contribution in [-0.4, -0.2) is 44.9 Å². The molecule has 0 amide bonds. The summed E-state index contributed by atoms with van der Waals surface area (Å²) in [6.07, 6.45) is 5.73. The van der Waals surface area contributed by atoms with Gasteiger partial charge < -0.3 is 14.8 Å². The zero-order valence-corrected chi connectivity index (χ0v) is 13.4. The van der Waals surface area contributed by atoms with Crippen molar-refractivity contribution in [2.75, 3.05) is 30.4 Å². The molecule has 22 heavy (non-hydrogen) atoms. The second-order valence-electron chi connectivity index (χ2n) is 5.99. The third-order valence-electron chi connectivity index (χ3n) is 4.18. The van der Waals surface area contributed by atoms with E-state index < -0.39 is 0 Å². The van der Waals surface area contributed by atoms with E-state index in [0.717, 1.165) is 43.4 Å². The molecule has 2 aromatic heterocycles. The predicted molar refractivity (Wildman–Crippen MR) is 86.2 cm³/mol. The zero-order valence-electron chi connectivity index (χ0n) is 13.4. The molecule has 0 radical (unpaired) electrons. The third-order valence-corrected chi connectivity index (χ3v) is 4.18. The van der Waals surface area contributed by atoms with Crippen LogP contribution in [0.2, 0.25) is 0 Å². The molecule has 1 N–H and O–H groups in total. The largest absolute Gasteiger partial charge is 0.373 e. The molecular weight excluding hydrogens is 278 g/mol. The highest BCUT2D eigenvalue weighted by molar-refractivity contribution is 5.48. The van der Waals surface area contributed by atoms with E-state index in [4.69, 9.17) is 0 Å². The fourth-order valence-electron chi connectivity index (χ4n) is 2.99. The fourth-order valence-corrected chi connectivity index (χ4v) is 2.99. The summed E-state index contributed by atoms with van der Waals surface area (Å²) in [6.45, 7) is 6.27. The Morgan fingerprint density at radius 2 is 2.18 bits per heavy atom. The van der Waals surface area contributed by atoms with Gasteiger partial charge >= 0.3 is 0 Å². The minimum Gasteiger partial charge on any atom is -0.373 e. The number of rotatable bonds is 4. The van der Waals surface area contributed by atoms with Crippen molar-refractivity contribution in [3.8, 4) is 0 Å². The summed E-state index contributed by atoms with van der Waals surface area (Å²) >= 11 is 0. The van der Waals surface area contributed by atoms with Gasteiger partial charge in [0, 0.05) is 38.2 Å². The van der Waals surface area contributed by atoms with Gasteiger partial charge in [-0.2, -0.15) is 0 Å². The van der Waals surface area contributed by atoms with Crippen LogP contribution in [0.1, 0.15) is 44.5 Å². The number of piperidine rings is 1. The molecule has 1 aliphatic heterocycles. The molecule has 1 aliphatic rings. The third kappa shape index (κ3) is 2.88. The number of hydrogen-bond acceptors (Lipinski definition) is 6. The molecule has 1 unspecified atom stereocenters. The summed E-state index contributed by atoms with van der Waals surface area (Å²) in [6, 6.07) is 2.38. The SMILES string of the molecule is CNc1cc(N2CCCC(c3nncn3C(C)C)C2)ncn1. The van der Waals surface area contributed by atoms with Crippen molar-refractivity contribution >= 4 is 11.6 Å². The zero-order chi connectivity index (χ0) is 15.5. The van der Waals surface area contributed by atoms with Gasteiger partial charge in [-0.05, 0) is 26.7 Å². The first-order chi connectivity index (χ1) is 10.7. The maximum Gasteiger partial charge on any atom is 0.137 e. The monoisotopic (exact) mass is 301 g/mol. The molecule has 3 rings (SSSR count). The molecule has 0 bridgehead atoms. The minimum atomic E-state index is 0.385. The second-order valence-corrected chi connectivity index (χ2v) is 5.99. The standard InChI is InChI=1S/C15H23N7/c1-11(2)22-10-19-20-15(22)12-5-4-6-21(8-12)14-7-13(16-3)17-9-18-14/h7,9-12H,4-6,8H2,1-3H3,(H,16,17,18). The number of nitrogens with zero attached hydrogens (tertiary/aromatic N) is 6. The average molecular weight is 301 g/mol. The van der Waals surface area contributed by atoms with Gasteiger partial charge in [0.1, 0.15) is 30.1 Å². The van der Waals surface area contributed by atoms with Crippen LogP contribution in [-0.2, 0) is 0 Å². The Labute approximate surface area is 130 Å². The Balaban J connectivity index is 1.80. The Hall–Kier alpha value is -2.18. The molecule has 3 heterocycles. The molecule has 0 aromatic carbocycles. The number of aromatic nitrogens is 5. The predicted octanol–water partition coefficient (Wildman–Crippen LogP) is 2.07. The van der Waals surface area contributed by atoms with Gasteiger partial charge in [0.25, 0.3) is 0 Å². The van der Waals surface area contributed by atoms with Gasteiger partial charge in [-0.25, -0.2) is 9.97 Å². The summed E-state index contributed by atoms with van der Waals surface area (Å²) in [4.78, 5) is 10.9. The van der Waals surface area contributed by atoms with E-state index in [9.17, 15) is 0 Å². The highest BCUT2D eigenvalue weighted by Gasteiger charge is 2.26. The molecule has 1 fully saturated rings. The van der Waals surface area contributed by atoms with E-state index in [1.165, 1.54) is 0 Å². The van der Waals surface area contributed by atoms with Crippen LogP contribution >= 0.6 is 0 Å². The number of anilines is 2. The van der Waals surface area contributed by atoms with E-state index in [-0.39, 0.29) is 0 Å². The lowest BCUT2D eigenvalue weighted by atomic mass is 9.97. The Morgan fingerprint density at radius 1 is 1.32 bits per heavy atom. The van der Waals surface area contributed by atoms with Crippen molar-refractivity contribution in [3.05, 3.63) is 24.5 Å². The summed E-state index contributed by atoms with van der Waals surface area (Å²) < 4.78 is 2.17. The van der Waals surface area contributed by atoms with E-state index in [1.807, 2.05) is 19.4 Å². The quantitative estimate of drug-likeness (QED) is 0.932. The first-order valence-corrected chi connectivity index (χ1v) is 7.83. The summed E-state index contributed by atoms with van der Waals surface area (Å²) in [5.74, 6) is 3.30. The highest BCUT2D eigenvalue weighted by atomic mass is 15.3. The number of nitrogens with one attached hydrogen (secondary N) is 1. The van der Waals surface area contributed by atoms with E-state index >= 15 is 0 Å². The first-order valence-electron chi connectivity index (χ1n) is 7.83. The molecule has 0 saturated carbocycles. The van der Waals surface area contributed by atoms with Crippen LogP contribution in [0.15, 0.2) is 18.7 Å². The molecule has 1 atom stereocenters. The van der Waals surface area contributed by atoms with Crippen molar-refractivity contribution in [2.45, 2.75) is 38.6 Å². The van der Waals surface area contributed by atoms with Gasteiger partial charge in [-0.3, -0.25) is 0 Å². The summed E-state index contributed by atoms with van der Waals surface area (Å²) in [7, 11) is 1.87. The van der Waals surface area contributed by atoms with E-state index in [0.29, 0.717) is 12.0 Å². The Kier molecular flexibility index (Phi) is 4.22. The smallest absolute Gasteiger partial charge is 0.137 e. The Bertz CT molecular complexity index is 622. The van der Waals surface area contributed by atoms with E-state index in [1.54, 1.807) is 6.33 Å². The van der Waals surface area contributed by atoms with Crippen LogP contribution in [0, 0.1) is 0 Å². The van der Waals surface area contributed by atoms with Crippen molar-refractivity contribution in [1.29, 1.82) is 0 Å². The van der Waals surface area contributed by atoms with Crippen molar-refractivity contribution in [2.24, 2.45) is 0 Å². The molecule has 118 valence electrons. The second kappa shape index (κ2) is 6.29. The maximum atomic E-state index is 4.42. The maximum absolute atomic E-state index is 4.42. The molecule has 0 spiro atoms. The minimum absolute atomic E-state index is 0.385. The van der Waals surface area contributed by atoms with Gasteiger partial charge in [0.05, 0.1) is 0 Å². The van der Waals surface area contributed by atoms with Crippen molar-refractivity contribution in [3.63, 3.8) is 0 Å². The van der Waals surface area contributed by atoms with Crippen LogP contribution in [0.4, 0.5) is 11.6 Å². The first kappa shape index (κ1) is 14.7. The Morgan fingerprint density at radius 3 is 2.95 bits per heavy atom. The summed E-state index contributed by atoms with van der Waals surface area (Å²) in [5.41, 5.74) is 0. The highest BCUT2D eigenvalue weighted by Crippen LogP contribution is 2.29. The normalized spacial score (nSPS) is 18.7. The van der Waals surface area contributed by atoms with Gasteiger partial charge in [0.2, 0.25) is 0 Å². The molecule has 1 saturated heterocycles. The van der Waals surface area contributed by atoms with Gasteiger partial charge in [-0.15, -0.1) is 10.2 Å². The molecule has 2 aromatic rings. The van der Waals surface area contributed by atoms with Crippen LogP contribution in [0.5, 0.6) is 0 Å². The lowest BCUT2D eigenvalue weighted by Gasteiger charge is -2.33. The molecular formula is C15H23N7. The van der Waals surface area contributed by atoms with Crippen LogP contribution in [0.3, 0.4) is 0 Å². The number of hydrogen-bond donors (Lipinski definition) is 1. The topological polar surface area (TPSA) is 71.8 Å². The van der Waals surface area contributed by atoms with Crippen molar-refractivity contribution < 1.29 is 0 Å². The van der Waals surface area contributed by atoms with Crippen molar-refractivity contribution in [1.82, 2.24) is 24.7 Å². The van der Waals surface area contributed by atoms with Crippen LogP contribution in [0.25, 0.3) is 0 Å². The van der Waals surface area contributed by atoms with Gasteiger partial charge in [-0.1, -0.05) is 0 Å². The average Bonchev–Trinajstić information content (AvgIpc) is 3.05. The fraction of sp³-hybridized carbons (Fsp3) is 0.600. The van der Waals surface area contributed by atoms with E-state index in [2.05, 4.69) is 48.8 Å². The lowest BCUT2D eigenvalue weighted by molar-refractivity contribution is 0.453. The summed E-state index contributed by atoms with van der Waals surface area (Å²) in [5, 5.41) is 11.5. The molecule has 7 heteroatoms.